The fourth-order valence-corrected chi connectivity index (χ4v) is 1.44. The van der Waals surface area contributed by atoms with E-state index in [1.54, 1.807) is 0 Å². The van der Waals surface area contributed by atoms with Gasteiger partial charge in [-0.1, -0.05) is 19.9 Å². The van der Waals surface area contributed by atoms with Gasteiger partial charge in [0.2, 0.25) is 0 Å². The molecule has 6 nitrogen and oxygen atoms in total. The van der Waals surface area contributed by atoms with E-state index in [1.165, 1.54) is 0 Å². The molecule has 1 rings (SSSR count). The molecule has 6 heteroatoms. The highest BCUT2D eigenvalue weighted by molar-refractivity contribution is 5.80. The molecule has 0 saturated heterocycles. The average molecular weight is 278 g/mol. The molecule has 0 aromatic carbocycles. The van der Waals surface area contributed by atoms with Crippen LogP contribution >= 0.6 is 0 Å². The fraction of sp³-hybridized carbons (Fsp3) is 0.643. The maximum atomic E-state index is 4.55. The maximum Gasteiger partial charge on any atom is 0.192 e. The van der Waals surface area contributed by atoms with E-state index >= 15 is 0 Å². The molecule has 112 valence electrons. The van der Waals surface area contributed by atoms with Crippen LogP contribution in [0.2, 0.25) is 0 Å². The van der Waals surface area contributed by atoms with Crippen LogP contribution in [0.25, 0.3) is 0 Å². The van der Waals surface area contributed by atoms with Gasteiger partial charge in [-0.15, -0.1) is 16.8 Å². The van der Waals surface area contributed by atoms with Gasteiger partial charge >= 0.3 is 0 Å². The van der Waals surface area contributed by atoms with Gasteiger partial charge in [-0.05, 0) is 19.8 Å². The van der Waals surface area contributed by atoms with E-state index in [-0.39, 0.29) is 0 Å². The first-order valence-corrected chi connectivity index (χ1v) is 6.96. The quantitative estimate of drug-likeness (QED) is 0.469. The topological polar surface area (TPSA) is 67.1 Å². The lowest BCUT2D eigenvalue weighted by Gasteiger charge is -2.20. The lowest BCUT2D eigenvalue weighted by molar-refractivity contribution is 0.481. The van der Waals surface area contributed by atoms with Gasteiger partial charge in [0.05, 0.1) is 0 Å². The average Bonchev–Trinajstić information content (AvgIpc) is 2.73. The van der Waals surface area contributed by atoms with Crippen LogP contribution in [0.5, 0.6) is 0 Å². The van der Waals surface area contributed by atoms with Gasteiger partial charge in [0.15, 0.2) is 11.8 Å². The third-order valence-corrected chi connectivity index (χ3v) is 3.34. The molecule has 1 aromatic rings. The summed E-state index contributed by atoms with van der Waals surface area (Å²) in [6.07, 6.45) is 1.81. The highest BCUT2D eigenvalue weighted by Gasteiger charge is 2.10. The van der Waals surface area contributed by atoms with Gasteiger partial charge < -0.3 is 15.2 Å². The van der Waals surface area contributed by atoms with Crippen LogP contribution in [-0.2, 0) is 13.6 Å². The van der Waals surface area contributed by atoms with Crippen molar-refractivity contribution in [3.05, 3.63) is 24.3 Å². The minimum absolute atomic E-state index is 0.340. The van der Waals surface area contributed by atoms with Crippen LogP contribution in [0.1, 0.15) is 32.4 Å². The number of aliphatic imine (C=N–C) groups is 1. The smallest absolute Gasteiger partial charge is 0.192 e. The van der Waals surface area contributed by atoms with E-state index in [9.17, 15) is 0 Å². The molecule has 0 aliphatic heterocycles. The van der Waals surface area contributed by atoms with Crippen LogP contribution < -0.4 is 10.6 Å². The Morgan fingerprint density at radius 1 is 1.40 bits per heavy atom. The van der Waals surface area contributed by atoms with E-state index in [4.69, 9.17) is 0 Å². The zero-order chi connectivity index (χ0) is 15.1. The SMILES string of the molecule is C=CCNC(=NCc1nnc(C)n1C)NC(C)C(C)C. The molecule has 0 aliphatic carbocycles. The largest absolute Gasteiger partial charge is 0.354 e. The summed E-state index contributed by atoms with van der Waals surface area (Å²) in [5.41, 5.74) is 0. The van der Waals surface area contributed by atoms with E-state index in [2.05, 4.69) is 53.2 Å². The molecule has 0 saturated carbocycles. The molecular formula is C14H26N6. The standard InChI is InChI=1S/C14H26N6/c1-7-8-15-14(17-11(4)10(2)3)16-9-13-19-18-12(5)20(13)6/h7,10-11H,1,8-9H2,2-6H3,(H2,15,16,17). The van der Waals surface area contributed by atoms with Gasteiger partial charge in [0.25, 0.3) is 0 Å². The van der Waals surface area contributed by atoms with E-state index in [0.29, 0.717) is 25.0 Å². The summed E-state index contributed by atoms with van der Waals surface area (Å²) in [6.45, 7) is 13.3. The number of aromatic nitrogens is 3. The first-order chi connectivity index (χ1) is 9.45. The van der Waals surface area contributed by atoms with Crippen molar-refractivity contribution >= 4 is 5.96 Å². The van der Waals surface area contributed by atoms with Crippen molar-refractivity contribution in [3.8, 4) is 0 Å². The molecule has 1 heterocycles. The number of hydrogen-bond acceptors (Lipinski definition) is 3. The summed E-state index contributed by atoms with van der Waals surface area (Å²) in [5.74, 6) is 3.04. The Labute approximate surface area is 121 Å². The molecule has 0 radical (unpaired) electrons. The van der Waals surface area contributed by atoms with Crippen molar-refractivity contribution in [2.75, 3.05) is 6.54 Å². The number of nitrogens with one attached hydrogen (secondary N) is 2. The predicted octanol–water partition coefficient (Wildman–Crippen LogP) is 1.39. The minimum atomic E-state index is 0.340. The van der Waals surface area contributed by atoms with Gasteiger partial charge in [0, 0.05) is 19.6 Å². The number of nitrogens with zero attached hydrogens (tertiary/aromatic N) is 4. The fourth-order valence-electron chi connectivity index (χ4n) is 1.44. The Kier molecular flexibility index (Phi) is 6.21. The Morgan fingerprint density at radius 2 is 2.10 bits per heavy atom. The van der Waals surface area contributed by atoms with Crippen LogP contribution in [0.3, 0.4) is 0 Å². The van der Waals surface area contributed by atoms with Crippen molar-refractivity contribution < 1.29 is 0 Å². The number of hydrogen-bond donors (Lipinski definition) is 2. The van der Waals surface area contributed by atoms with Crippen molar-refractivity contribution in [2.45, 2.75) is 40.3 Å². The second-order valence-corrected chi connectivity index (χ2v) is 5.23. The Balaban J connectivity index is 2.73. The predicted molar refractivity (Wildman–Crippen MR) is 82.5 cm³/mol. The van der Waals surface area contributed by atoms with Crippen molar-refractivity contribution in [1.82, 2.24) is 25.4 Å². The third-order valence-electron chi connectivity index (χ3n) is 3.34. The molecule has 2 N–H and O–H groups in total. The zero-order valence-electron chi connectivity index (χ0n) is 13.1. The molecule has 0 fully saturated rings. The normalized spacial score (nSPS) is 13.4. The van der Waals surface area contributed by atoms with Crippen LogP contribution in [0.15, 0.2) is 17.6 Å². The summed E-state index contributed by atoms with van der Waals surface area (Å²) < 4.78 is 1.94. The molecule has 1 atom stereocenters. The first-order valence-electron chi connectivity index (χ1n) is 6.96. The molecule has 0 bridgehead atoms. The van der Waals surface area contributed by atoms with Crippen molar-refractivity contribution in [1.29, 1.82) is 0 Å². The molecule has 0 spiro atoms. The van der Waals surface area contributed by atoms with Crippen LogP contribution in [0.4, 0.5) is 0 Å². The second-order valence-electron chi connectivity index (χ2n) is 5.23. The lowest BCUT2D eigenvalue weighted by atomic mass is 10.1. The van der Waals surface area contributed by atoms with Crippen molar-refractivity contribution in [2.24, 2.45) is 18.0 Å². The van der Waals surface area contributed by atoms with Gasteiger partial charge in [-0.25, -0.2) is 4.99 Å². The maximum absolute atomic E-state index is 4.55. The van der Waals surface area contributed by atoms with Crippen molar-refractivity contribution in [3.63, 3.8) is 0 Å². The number of rotatable bonds is 6. The summed E-state index contributed by atoms with van der Waals surface area (Å²) in [4.78, 5) is 4.55. The molecular weight excluding hydrogens is 252 g/mol. The Bertz CT molecular complexity index is 460. The Morgan fingerprint density at radius 3 is 2.60 bits per heavy atom. The number of aryl methyl sites for hydroxylation is 1. The highest BCUT2D eigenvalue weighted by atomic mass is 15.3. The summed E-state index contributed by atoms with van der Waals surface area (Å²) in [7, 11) is 1.95. The second kappa shape index (κ2) is 7.67. The molecule has 20 heavy (non-hydrogen) atoms. The molecule has 1 aromatic heterocycles. The Hall–Kier alpha value is -1.85. The van der Waals surface area contributed by atoms with E-state index < -0.39 is 0 Å². The summed E-state index contributed by atoms with van der Waals surface area (Å²) in [6, 6.07) is 0.340. The van der Waals surface area contributed by atoms with Gasteiger partial charge in [0.1, 0.15) is 12.4 Å². The number of guanidine groups is 1. The minimum Gasteiger partial charge on any atom is -0.354 e. The third kappa shape index (κ3) is 4.68. The highest BCUT2D eigenvalue weighted by Crippen LogP contribution is 2.01. The van der Waals surface area contributed by atoms with E-state index in [1.807, 2.05) is 24.6 Å². The van der Waals surface area contributed by atoms with Crippen LogP contribution in [0, 0.1) is 12.8 Å². The molecule has 1 unspecified atom stereocenters. The molecule has 0 amide bonds. The van der Waals surface area contributed by atoms with Crippen LogP contribution in [-0.4, -0.2) is 33.3 Å². The first kappa shape index (κ1) is 16.2. The van der Waals surface area contributed by atoms with Gasteiger partial charge in [-0.2, -0.15) is 0 Å². The van der Waals surface area contributed by atoms with Gasteiger partial charge in [-0.3, -0.25) is 0 Å². The summed E-state index contributed by atoms with van der Waals surface area (Å²) in [5, 5.41) is 14.7. The molecule has 0 aliphatic rings. The zero-order valence-corrected chi connectivity index (χ0v) is 13.1. The monoisotopic (exact) mass is 278 g/mol. The summed E-state index contributed by atoms with van der Waals surface area (Å²) >= 11 is 0. The van der Waals surface area contributed by atoms with E-state index in [0.717, 1.165) is 17.6 Å². The lowest BCUT2D eigenvalue weighted by Crippen LogP contribution is -2.44.